The molecule has 0 unspecified atom stereocenters. The Balaban J connectivity index is 1.67. The minimum absolute atomic E-state index is 0.626. The molecule has 4 heteroatoms. The molecule has 4 rings (SSSR count). The largest absolute Gasteiger partial charge is 0.380 e. The first-order valence-corrected chi connectivity index (χ1v) is 8.35. The molecule has 0 amide bonds. The third-order valence-electron chi connectivity index (χ3n) is 4.50. The number of benzene rings is 1. The van der Waals surface area contributed by atoms with Gasteiger partial charge in [0.05, 0.1) is 12.3 Å². The first-order valence-electron chi connectivity index (χ1n) is 8.35. The van der Waals surface area contributed by atoms with Gasteiger partial charge in [0.2, 0.25) is 0 Å². The topological polar surface area (TPSA) is 39.4 Å². The number of pyridine rings is 1. The van der Waals surface area contributed by atoms with E-state index in [-0.39, 0.29) is 0 Å². The summed E-state index contributed by atoms with van der Waals surface area (Å²) in [5, 5.41) is 4.72. The van der Waals surface area contributed by atoms with Crippen LogP contribution in [0, 0.1) is 5.92 Å². The van der Waals surface area contributed by atoms with E-state index in [1.54, 1.807) is 7.11 Å². The Hall–Kier alpha value is -2.46. The van der Waals surface area contributed by atoms with Gasteiger partial charge in [-0.2, -0.15) is 5.10 Å². The van der Waals surface area contributed by atoms with E-state index >= 15 is 0 Å². The summed E-state index contributed by atoms with van der Waals surface area (Å²) in [6, 6.07) is 14.5. The van der Waals surface area contributed by atoms with Gasteiger partial charge in [-0.25, -0.2) is 9.50 Å². The van der Waals surface area contributed by atoms with Crippen molar-refractivity contribution in [1.29, 1.82) is 0 Å². The highest BCUT2D eigenvalue weighted by Gasteiger charge is 2.25. The standard InChI is InChI=1S/C20H21N3O/c1-14(16-10-11-16)12-19-21-20-5-3-4-18(23(20)22-19)17-8-6-15(7-9-17)13-24-2/h3-9,16H,1,10-13H2,2H3. The number of fused-ring (bicyclic) bond motifs is 1. The Morgan fingerprint density at radius 3 is 2.71 bits per heavy atom. The average Bonchev–Trinajstić information content (AvgIpc) is 3.36. The highest BCUT2D eigenvalue weighted by atomic mass is 16.5. The summed E-state index contributed by atoms with van der Waals surface area (Å²) in [5.74, 6) is 1.54. The van der Waals surface area contributed by atoms with Gasteiger partial charge in [0.15, 0.2) is 11.5 Å². The summed E-state index contributed by atoms with van der Waals surface area (Å²) in [7, 11) is 1.71. The van der Waals surface area contributed by atoms with Crippen LogP contribution in [0.2, 0.25) is 0 Å². The first-order chi connectivity index (χ1) is 11.7. The highest BCUT2D eigenvalue weighted by Crippen LogP contribution is 2.36. The first kappa shape index (κ1) is 15.1. The van der Waals surface area contributed by atoms with Crippen LogP contribution in [0.1, 0.15) is 24.2 Å². The minimum atomic E-state index is 0.626. The van der Waals surface area contributed by atoms with Crippen molar-refractivity contribution >= 4 is 5.65 Å². The number of rotatable bonds is 6. The fourth-order valence-corrected chi connectivity index (χ4v) is 3.02. The van der Waals surface area contributed by atoms with Gasteiger partial charge in [0, 0.05) is 19.1 Å². The molecule has 1 aromatic carbocycles. The molecule has 1 saturated carbocycles. The zero-order valence-corrected chi connectivity index (χ0v) is 13.9. The number of hydrogen-bond donors (Lipinski definition) is 0. The summed E-state index contributed by atoms with van der Waals surface area (Å²) in [6.45, 7) is 4.82. The van der Waals surface area contributed by atoms with Gasteiger partial charge in [-0.1, -0.05) is 42.5 Å². The van der Waals surface area contributed by atoms with Crippen LogP contribution in [0.5, 0.6) is 0 Å². The van der Waals surface area contributed by atoms with Gasteiger partial charge in [0.1, 0.15) is 0 Å². The van der Waals surface area contributed by atoms with Crippen molar-refractivity contribution in [3.05, 3.63) is 66.0 Å². The number of ether oxygens (including phenoxy) is 1. The van der Waals surface area contributed by atoms with E-state index in [1.165, 1.54) is 18.4 Å². The fourth-order valence-electron chi connectivity index (χ4n) is 3.02. The molecule has 0 N–H and O–H groups in total. The SMILES string of the molecule is C=C(Cc1nc2cccc(-c3ccc(COC)cc3)n2n1)C1CC1. The highest BCUT2D eigenvalue weighted by molar-refractivity contribution is 5.63. The van der Waals surface area contributed by atoms with Gasteiger partial charge in [-0.3, -0.25) is 0 Å². The lowest BCUT2D eigenvalue weighted by Crippen LogP contribution is -1.97. The number of hydrogen-bond acceptors (Lipinski definition) is 3. The second kappa shape index (κ2) is 6.21. The minimum Gasteiger partial charge on any atom is -0.380 e. The fraction of sp³-hybridized carbons (Fsp3) is 0.300. The molecule has 0 atom stereocenters. The van der Waals surface area contributed by atoms with Crippen molar-refractivity contribution in [1.82, 2.24) is 14.6 Å². The lowest BCUT2D eigenvalue weighted by Gasteiger charge is -2.05. The zero-order valence-electron chi connectivity index (χ0n) is 13.9. The maximum atomic E-state index is 5.17. The monoisotopic (exact) mass is 319 g/mol. The van der Waals surface area contributed by atoms with Crippen LogP contribution in [-0.2, 0) is 17.8 Å². The lowest BCUT2D eigenvalue weighted by atomic mass is 10.1. The number of aromatic nitrogens is 3. The van der Waals surface area contributed by atoms with Crippen LogP contribution in [0.3, 0.4) is 0 Å². The van der Waals surface area contributed by atoms with Crippen molar-refractivity contribution in [3.63, 3.8) is 0 Å². The van der Waals surface area contributed by atoms with Crippen LogP contribution >= 0.6 is 0 Å². The van der Waals surface area contributed by atoms with Crippen LogP contribution in [0.25, 0.3) is 16.9 Å². The third kappa shape index (κ3) is 2.97. The van der Waals surface area contributed by atoms with Crippen LogP contribution < -0.4 is 0 Å². The second-order valence-corrected chi connectivity index (χ2v) is 6.45. The molecule has 4 nitrogen and oxygen atoms in total. The van der Waals surface area contributed by atoms with Gasteiger partial charge in [-0.15, -0.1) is 0 Å². The molecule has 122 valence electrons. The summed E-state index contributed by atoms with van der Waals surface area (Å²) in [4.78, 5) is 4.67. The van der Waals surface area contributed by atoms with Crippen molar-refractivity contribution in [3.8, 4) is 11.3 Å². The van der Waals surface area contributed by atoms with Gasteiger partial charge < -0.3 is 4.74 Å². The quantitative estimate of drug-likeness (QED) is 0.643. The molecule has 2 heterocycles. The molecule has 0 saturated heterocycles. The Morgan fingerprint density at radius 2 is 2.00 bits per heavy atom. The third-order valence-corrected chi connectivity index (χ3v) is 4.50. The summed E-state index contributed by atoms with van der Waals surface area (Å²) in [5.41, 5.74) is 5.47. The normalized spacial score (nSPS) is 14.2. The number of nitrogens with zero attached hydrogens (tertiary/aromatic N) is 3. The lowest BCUT2D eigenvalue weighted by molar-refractivity contribution is 0.185. The second-order valence-electron chi connectivity index (χ2n) is 6.45. The number of methoxy groups -OCH3 is 1. The summed E-state index contributed by atoms with van der Waals surface area (Å²) in [6.07, 6.45) is 3.31. The van der Waals surface area contributed by atoms with Gasteiger partial charge in [-0.05, 0) is 36.5 Å². The van der Waals surface area contributed by atoms with Crippen LogP contribution in [0.4, 0.5) is 0 Å². The molecular formula is C20H21N3O. The van der Waals surface area contributed by atoms with Crippen LogP contribution in [0.15, 0.2) is 54.6 Å². The average molecular weight is 319 g/mol. The summed E-state index contributed by atoms with van der Waals surface area (Å²) >= 11 is 0. The maximum absolute atomic E-state index is 5.17. The molecule has 24 heavy (non-hydrogen) atoms. The van der Waals surface area contributed by atoms with Gasteiger partial charge in [0.25, 0.3) is 0 Å². The molecular weight excluding hydrogens is 298 g/mol. The predicted octanol–water partition coefficient (Wildman–Crippen LogP) is 4.05. The van der Waals surface area contributed by atoms with E-state index in [2.05, 4.69) is 41.9 Å². The predicted molar refractivity (Wildman–Crippen MR) is 94.7 cm³/mol. The molecule has 0 aliphatic heterocycles. The van der Waals surface area contributed by atoms with Crippen molar-refractivity contribution < 1.29 is 4.74 Å². The number of allylic oxidation sites excluding steroid dienone is 1. The molecule has 3 aromatic rings. The molecule has 2 aromatic heterocycles. The molecule has 1 aliphatic carbocycles. The molecule has 0 bridgehead atoms. The van der Waals surface area contributed by atoms with E-state index in [9.17, 15) is 0 Å². The summed E-state index contributed by atoms with van der Waals surface area (Å²) < 4.78 is 7.10. The molecule has 0 spiro atoms. The Labute approximate surface area is 141 Å². The van der Waals surface area contributed by atoms with Crippen LogP contribution in [-0.4, -0.2) is 21.7 Å². The maximum Gasteiger partial charge on any atom is 0.156 e. The zero-order chi connectivity index (χ0) is 16.5. The molecule has 0 radical (unpaired) electrons. The van der Waals surface area contributed by atoms with Crippen molar-refractivity contribution in [2.24, 2.45) is 5.92 Å². The van der Waals surface area contributed by atoms with E-state index in [4.69, 9.17) is 9.84 Å². The van der Waals surface area contributed by atoms with Gasteiger partial charge >= 0.3 is 0 Å². The van der Waals surface area contributed by atoms with E-state index in [0.717, 1.165) is 34.7 Å². The van der Waals surface area contributed by atoms with E-state index in [1.807, 2.05) is 16.6 Å². The van der Waals surface area contributed by atoms with E-state index in [0.29, 0.717) is 12.5 Å². The Kier molecular flexibility index (Phi) is 3.90. The molecule has 1 fully saturated rings. The van der Waals surface area contributed by atoms with Crippen molar-refractivity contribution in [2.45, 2.75) is 25.9 Å². The Bertz CT molecular complexity index is 876. The molecule has 1 aliphatic rings. The van der Waals surface area contributed by atoms with E-state index < -0.39 is 0 Å². The smallest absolute Gasteiger partial charge is 0.156 e. The van der Waals surface area contributed by atoms with Crippen molar-refractivity contribution in [2.75, 3.05) is 7.11 Å². The Morgan fingerprint density at radius 1 is 1.21 bits per heavy atom.